The van der Waals surface area contributed by atoms with Crippen molar-refractivity contribution in [2.24, 2.45) is 0 Å². The van der Waals surface area contributed by atoms with E-state index in [0.29, 0.717) is 15.8 Å². The highest BCUT2D eigenvalue weighted by molar-refractivity contribution is 8.01. The summed E-state index contributed by atoms with van der Waals surface area (Å²) in [6.07, 6.45) is 0. The van der Waals surface area contributed by atoms with Crippen LogP contribution in [-0.2, 0) is 4.79 Å². The van der Waals surface area contributed by atoms with Crippen LogP contribution in [0.25, 0.3) is 11.3 Å². The normalized spacial score (nSPS) is 10.5. The van der Waals surface area contributed by atoms with Gasteiger partial charge >= 0.3 is 0 Å². The van der Waals surface area contributed by atoms with Crippen molar-refractivity contribution in [3.8, 4) is 11.3 Å². The molecule has 2 heterocycles. The van der Waals surface area contributed by atoms with E-state index in [9.17, 15) is 19.7 Å². The first-order valence-electron chi connectivity index (χ1n) is 9.32. The van der Waals surface area contributed by atoms with Crippen molar-refractivity contribution in [2.45, 2.75) is 4.34 Å². The molecule has 0 unspecified atom stereocenters. The van der Waals surface area contributed by atoms with Crippen molar-refractivity contribution >= 4 is 51.4 Å². The molecule has 2 N–H and O–H groups in total. The van der Waals surface area contributed by atoms with Crippen molar-refractivity contribution in [1.29, 1.82) is 0 Å². The number of anilines is 2. The summed E-state index contributed by atoms with van der Waals surface area (Å²) in [6.45, 7) is 0. The Morgan fingerprint density at radius 3 is 2.67 bits per heavy atom. The largest absolute Gasteiger partial charge is 0.355 e. The first-order chi connectivity index (χ1) is 16.0. The van der Waals surface area contributed by atoms with Gasteiger partial charge in [-0.05, 0) is 6.07 Å². The van der Waals surface area contributed by atoms with Crippen LogP contribution in [0.15, 0.2) is 69.5 Å². The van der Waals surface area contributed by atoms with Gasteiger partial charge in [0.15, 0.2) is 15.8 Å². The molecule has 0 radical (unpaired) electrons. The molecule has 0 atom stereocenters. The number of nitrogens with one attached hydrogen (secondary N) is 2. The summed E-state index contributed by atoms with van der Waals surface area (Å²) in [6, 6.07) is 16.4. The molecule has 0 bridgehead atoms. The predicted octanol–water partition coefficient (Wildman–Crippen LogP) is 4.08. The quantitative estimate of drug-likeness (QED) is 0.164. The number of thioether (sulfide) groups is 1. The fourth-order valence-corrected chi connectivity index (χ4v) is 4.17. The van der Waals surface area contributed by atoms with E-state index in [1.54, 1.807) is 6.07 Å². The summed E-state index contributed by atoms with van der Waals surface area (Å²) in [5, 5.41) is 27.9. The number of benzene rings is 2. The van der Waals surface area contributed by atoms with Crippen LogP contribution in [0.5, 0.6) is 0 Å². The average molecular weight is 483 g/mol. The monoisotopic (exact) mass is 482 g/mol. The first kappa shape index (κ1) is 22.1. The van der Waals surface area contributed by atoms with Gasteiger partial charge in [-0.2, -0.15) is 0 Å². The number of non-ortho nitro benzene ring substituents is 1. The zero-order valence-electron chi connectivity index (χ0n) is 16.6. The Hall–Kier alpha value is -4.10. The lowest BCUT2D eigenvalue weighted by molar-refractivity contribution is -0.384. The van der Waals surface area contributed by atoms with E-state index in [2.05, 4.69) is 26.0 Å². The minimum atomic E-state index is -0.539. The Morgan fingerprint density at radius 1 is 1.06 bits per heavy atom. The third-order valence-electron chi connectivity index (χ3n) is 4.10. The maximum Gasteiger partial charge on any atom is 0.279 e. The molecule has 0 fully saturated rings. The molecule has 0 spiro atoms. The summed E-state index contributed by atoms with van der Waals surface area (Å²) in [5.41, 5.74) is 1.09. The molecule has 166 valence electrons. The maximum absolute atomic E-state index is 12.4. The topological polar surface area (TPSA) is 153 Å². The Labute approximate surface area is 194 Å². The van der Waals surface area contributed by atoms with Gasteiger partial charge in [-0.3, -0.25) is 25.0 Å². The summed E-state index contributed by atoms with van der Waals surface area (Å²) in [7, 11) is 0. The van der Waals surface area contributed by atoms with Gasteiger partial charge in [0, 0.05) is 29.4 Å². The third-order valence-corrected chi connectivity index (χ3v) is 6.07. The van der Waals surface area contributed by atoms with E-state index >= 15 is 0 Å². The molecule has 0 aliphatic rings. The molecule has 2 aromatic carbocycles. The van der Waals surface area contributed by atoms with Crippen LogP contribution in [0, 0.1) is 10.1 Å². The lowest BCUT2D eigenvalue weighted by Crippen LogP contribution is -2.14. The number of carbonyl (C=O) groups is 2. The van der Waals surface area contributed by atoms with E-state index in [4.69, 9.17) is 4.52 Å². The molecular formula is C20H14N6O5S2. The smallest absolute Gasteiger partial charge is 0.279 e. The molecule has 4 aromatic rings. The zero-order chi connectivity index (χ0) is 23.2. The van der Waals surface area contributed by atoms with Gasteiger partial charge in [0.2, 0.25) is 11.0 Å². The Morgan fingerprint density at radius 2 is 1.88 bits per heavy atom. The van der Waals surface area contributed by atoms with Crippen molar-refractivity contribution in [2.75, 3.05) is 16.4 Å². The second kappa shape index (κ2) is 10.0. The van der Waals surface area contributed by atoms with Gasteiger partial charge in [-0.25, -0.2) is 0 Å². The maximum atomic E-state index is 12.4. The Kier molecular flexibility index (Phi) is 6.71. The molecular weight excluding hydrogens is 468 g/mol. The molecule has 13 heteroatoms. The molecule has 2 aromatic heterocycles. The zero-order valence-corrected chi connectivity index (χ0v) is 18.3. The SMILES string of the molecule is O=C(CSc1nnc(NC(=O)c2cc(-c3ccccc3)on2)s1)Nc1cccc([N+](=O)[O-])c1. The molecule has 0 saturated carbocycles. The second-order valence-corrected chi connectivity index (χ2v) is 8.61. The van der Waals surface area contributed by atoms with E-state index in [0.717, 1.165) is 28.7 Å². The van der Waals surface area contributed by atoms with Gasteiger partial charge in [0.1, 0.15) is 0 Å². The molecule has 11 nitrogen and oxygen atoms in total. The summed E-state index contributed by atoms with van der Waals surface area (Å²) < 4.78 is 5.68. The lowest BCUT2D eigenvalue weighted by Gasteiger charge is -2.03. The van der Waals surface area contributed by atoms with E-state index in [1.807, 2.05) is 30.3 Å². The third kappa shape index (κ3) is 5.78. The molecule has 0 aliphatic heterocycles. The van der Waals surface area contributed by atoms with Gasteiger partial charge in [-0.1, -0.05) is 64.7 Å². The van der Waals surface area contributed by atoms with Crippen LogP contribution in [0.2, 0.25) is 0 Å². The molecule has 4 rings (SSSR count). The number of hydrogen-bond acceptors (Lipinski definition) is 10. The molecule has 2 amide bonds. The highest BCUT2D eigenvalue weighted by atomic mass is 32.2. The number of hydrogen-bond donors (Lipinski definition) is 2. The number of nitro benzene ring substituents is 1. The van der Waals surface area contributed by atoms with Gasteiger partial charge < -0.3 is 9.84 Å². The van der Waals surface area contributed by atoms with Gasteiger partial charge in [-0.15, -0.1) is 10.2 Å². The molecule has 0 aliphatic carbocycles. The standard InChI is InChI=1S/C20H14N6O5S2/c27-17(21-13-7-4-8-14(9-13)26(29)30)11-32-20-24-23-19(33-20)22-18(28)15-10-16(31-25-15)12-5-2-1-3-6-12/h1-10H,11H2,(H,21,27)(H,22,23,28). The van der Waals surface area contributed by atoms with Crippen LogP contribution in [0.3, 0.4) is 0 Å². The summed E-state index contributed by atoms with van der Waals surface area (Å²) in [4.78, 5) is 34.8. The van der Waals surface area contributed by atoms with Crippen LogP contribution < -0.4 is 10.6 Å². The fourth-order valence-electron chi connectivity index (χ4n) is 2.62. The number of carbonyl (C=O) groups excluding carboxylic acids is 2. The van der Waals surface area contributed by atoms with Crippen molar-refractivity contribution < 1.29 is 19.0 Å². The average Bonchev–Trinajstić information content (AvgIpc) is 3.48. The van der Waals surface area contributed by atoms with E-state index in [1.165, 1.54) is 24.3 Å². The minimum Gasteiger partial charge on any atom is -0.355 e. The van der Waals surface area contributed by atoms with Crippen molar-refractivity contribution in [3.63, 3.8) is 0 Å². The number of amides is 2. The van der Waals surface area contributed by atoms with Gasteiger partial charge in [0.05, 0.1) is 10.7 Å². The predicted molar refractivity (Wildman–Crippen MR) is 122 cm³/mol. The van der Waals surface area contributed by atoms with Gasteiger partial charge in [0.25, 0.3) is 11.6 Å². The second-order valence-electron chi connectivity index (χ2n) is 6.41. The van der Waals surface area contributed by atoms with Crippen molar-refractivity contribution in [1.82, 2.24) is 15.4 Å². The van der Waals surface area contributed by atoms with E-state index < -0.39 is 10.8 Å². The lowest BCUT2D eigenvalue weighted by atomic mass is 10.1. The van der Waals surface area contributed by atoms with Crippen molar-refractivity contribution in [3.05, 3.63) is 76.5 Å². The highest BCUT2D eigenvalue weighted by Gasteiger charge is 2.16. The number of nitrogens with zero attached hydrogens (tertiary/aromatic N) is 4. The highest BCUT2D eigenvalue weighted by Crippen LogP contribution is 2.27. The number of rotatable bonds is 8. The fraction of sp³-hybridized carbons (Fsp3) is 0.0500. The summed E-state index contributed by atoms with van der Waals surface area (Å²) in [5.74, 6) is -0.395. The Balaban J connectivity index is 1.30. The summed E-state index contributed by atoms with van der Waals surface area (Å²) >= 11 is 2.21. The molecule has 0 saturated heterocycles. The molecule has 33 heavy (non-hydrogen) atoms. The van der Waals surface area contributed by atoms with Crippen LogP contribution in [0.1, 0.15) is 10.5 Å². The number of aromatic nitrogens is 3. The van der Waals surface area contributed by atoms with Crippen LogP contribution in [0.4, 0.5) is 16.5 Å². The Bertz CT molecular complexity index is 1310. The number of nitro groups is 1. The van der Waals surface area contributed by atoms with E-state index in [-0.39, 0.29) is 28.2 Å². The first-order valence-corrected chi connectivity index (χ1v) is 11.1. The minimum absolute atomic E-state index is 0.00892. The van der Waals surface area contributed by atoms with Crippen LogP contribution >= 0.6 is 23.1 Å². The van der Waals surface area contributed by atoms with Crippen LogP contribution in [-0.4, -0.2) is 37.8 Å².